The van der Waals surface area contributed by atoms with Crippen LogP contribution < -0.4 is 9.21 Å². The predicted molar refractivity (Wildman–Crippen MR) is 85.6 cm³/mol. The van der Waals surface area contributed by atoms with E-state index in [0.29, 0.717) is 11.4 Å². The number of carbonyl (C=O) groups is 1. The van der Waals surface area contributed by atoms with Crippen LogP contribution in [0.5, 0.6) is 0 Å². The minimum absolute atomic E-state index is 0.185. The van der Waals surface area contributed by atoms with Gasteiger partial charge < -0.3 is 4.90 Å². The van der Waals surface area contributed by atoms with E-state index in [1.54, 1.807) is 55.6 Å². The molecule has 0 unspecified atom stereocenters. The molecular formula is C16H16N2O3S. The molecule has 0 spiro atoms. The second-order valence-corrected chi connectivity index (χ2v) is 7.13. The van der Waals surface area contributed by atoms with E-state index in [1.807, 2.05) is 6.92 Å². The van der Waals surface area contributed by atoms with E-state index in [-0.39, 0.29) is 17.3 Å². The fraction of sp³-hybridized carbons (Fsp3) is 0.188. The summed E-state index contributed by atoms with van der Waals surface area (Å²) in [5, 5.41) is 0. The van der Waals surface area contributed by atoms with Gasteiger partial charge in [0.2, 0.25) is 5.91 Å². The van der Waals surface area contributed by atoms with Crippen LogP contribution in [0.2, 0.25) is 0 Å². The zero-order chi connectivity index (χ0) is 15.9. The summed E-state index contributed by atoms with van der Waals surface area (Å²) >= 11 is 0. The number of likely N-dealkylation sites (N-methyl/N-ethyl adjacent to an activating group) is 1. The van der Waals surface area contributed by atoms with Gasteiger partial charge in [0.1, 0.15) is 6.54 Å². The van der Waals surface area contributed by atoms with Gasteiger partial charge in [0.15, 0.2) is 0 Å². The molecule has 6 heteroatoms. The lowest BCUT2D eigenvalue weighted by Gasteiger charge is -2.34. The maximum atomic E-state index is 12.9. The quantitative estimate of drug-likeness (QED) is 0.853. The number of hydrogen-bond donors (Lipinski definition) is 0. The van der Waals surface area contributed by atoms with E-state index in [9.17, 15) is 13.2 Å². The molecule has 1 aliphatic heterocycles. The molecular weight excluding hydrogens is 300 g/mol. The van der Waals surface area contributed by atoms with Crippen LogP contribution in [0.3, 0.4) is 0 Å². The van der Waals surface area contributed by atoms with Crippen LogP contribution >= 0.6 is 0 Å². The van der Waals surface area contributed by atoms with Crippen LogP contribution in [0.15, 0.2) is 53.4 Å². The van der Waals surface area contributed by atoms with E-state index in [2.05, 4.69) is 0 Å². The lowest BCUT2D eigenvalue weighted by Crippen LogP contribution is -2.46. The molecule has 0 aromatic heterocycles. The summed E-state index contributed by atoms with van der Waals surface area (Å²) in [7, 11) is -2.11. The summed E-state index contributed by atoms with van der Waals surface area (Å²) in [5.74, 6) is -0.255. The minimum Gasteiger partial charge on any atom is -0.312 e. The van der Waals surface area contributed by atoms with Gasteiger partial charge in [-0.2, -0.15) is 0 Å². The van der Waals surface area contributed by atoms with Gasteiger partial charge in [-0.3, -0.25) is 9.10 Å². The van der Waals surface area contributed by atoms with E-state index in [4.69, 9.17) is 0 Å². The summed E-state index contributed by atoms with van der Waals surface area (Å²) in [4.78, 5) is 13.8. The van der Waals surface area contributed by atoms with E-state index in [1.165, 1.54) is 9.21 Å². The van der Waals surface area contributed by atoms with Crippen molar-refractivity contribution in [3.8, 4) is 0 Å². The van der Waals surface area contributed by atoms with Gasteiger partial charge in [0, 0.05) is 7.05 Å². The molecule has 0 fully saturated rings. The van der Waals surface area contributed by atoms with Crippen molar-refractivity contribution in [3.05, 3.63) is 54.1 Å². The van der Waals surface area contributed by atoms with Crippen LogP contribution in [-0.4, -0.2) is 27.9 Å². The molecule has 0 aliphatic carbocycles. The summed E-state index contributed by atoms with van der Waals surface area (Å²) < 4.78 is 26.9. The lowest BCUT2D eigenvalue weighted by molar-refractivity contribution is -0.117. The van der Waals surface area contributed by atoms with Crippen LogP contribution in [-0.2, 0) is 14.8 Å². The first kappa shape index (κ1) is 14.6. The first-order valence-corrected chi connectivity index (χ1v) is 8.30. The summed E-state index contributed by atoms with van der Waals surface area (Å²) in [6.07, 6.45) is 0. The Bertz CT molecular complexity index is 829. The van der Waals surface area contributed by atoms with Crippen LogP contribution in [0.4, 0.5) is 11.4 Å². The number of rotatable bonds is 2. The van der Waals surface area contributed by atoms with Crippen LogP contribution in [0, 0.1) is 6.92 Å². The normalized spacial score (nSPS) is 14.9. The van der Waals surface area contributed by atoms with Crippen molar-refractivity contribution in [1.82, 2.24) is 0 Å². The SMILES string of the molecule is Cc1ccc(S(=O)(=O)N2CC(=O)N(C)c3ccccc32)cc1. The van der Waals surface area contributed by atoms with Gasteiger partial charge in [-0.25, -0.2) is 8.42 Å². The van der Waals surface area contributed by atoms with Gasteiger partial charge in [0.25, 0.3) is 10.0 Å². The monoisotopic (exact) mass is 316 g/mol. The molecule has 5 nitrogen and oxygen atoms in total. The molecule has 0 bridgehead atoms. The Kier molecular flexibility index (Phi) is 3.41. The highest BCUT2D eigenvalue weighted by molar-refractivity contribution is 7.92. The Morgan fingerprint density at radius 1 is 0.955 bits per heavy atom. The molecule has 0 N–H and O–H groups in total. The number of amides is 1. The van der Waals surface area contributed by atoms with Crippen molar-refractivity contribution >= 4 is 27.3 Å². The van der Waals surface area contributed by atoms with Crippen molar-refractivity contribution in [3.63, 3.8) is 0 Å². The summed E-state index contributed by atoms with van der Waals surface area (Å²) in [5.41, 5.74) is 2.09. The van der Waals surface area contributed by atoms with Gasteiger partial charge >= 0.3 is 0 Å². The van der Waals surface area contributed by atoms with E-state index in [0.717, 1.165) is 5.56 Å². The van der Waals surface area contributed by atoms with Gasteiger partial charge in [-0.1, -0.05) is 29.8 Å². The second-order valence-electron chi connectivity index (χ2n) is 5.27. The zero-order valence-corrected chi connectivity index (χ0v) is 13.2. The Morgan fingerprint density at radius 3 is 2.18 bits per heavy atom. The average molecular weight is 316 g/mol. The van der Waals surface area contributed by atoms with E-state index >= 15 is 0 Å². The first-order chi connectivity index (χ1) is 10.4. The Hall–Kier alpha value is -2.34. The third-order valence-electron chi connectivity index (χ3n) is 3.77. The first-order valence-electron chi connectivity index (χ1n) is 6.86. The average Bonchev–Trinajstić information content (AvgIpc) is 2.51. The Labute approximate surface area is 129 Å². The molecule has 0 saturated heterocycles. The number of benzene rings is 2. The number of hydrogen-bond acceptors (Lipinski definition) is 3. The number of fused-ring (bicyclic) bond motifs is 1. The molecule has 1 aliphatic rings. The maximum absolute atomic E-state index is 12.9. The highest BCUT2D eigenvalue weighted by atomic mass is 32.2. The molecule has 3 rings (SSSR count). The third-order valence-corrected chi connectivity index (χ3v) is 5.55. The lowest BCUT2D eigenvalue weighted by atomic mass is 10.2. The van der Waals surface area contributed by atoms with Gasteiger partial charge in [0.05, 0.1) is 16.3 Å². The van der Waals surface area contributed by atoms with Crippen molar-refractivity contribution in [2.45, 2.75) is 11.8 Å². The zero-order valence-electron chi connectivity index (χ0n) is 12.4. The van der Waals surface area contributed by atoms with E-state index < -0.39 is 10.0 Å². The Morgan fingerprint density at radius 2 is 1.55 bits per heavy atom. The summed E-state index contributed by atoms with van der Waals surface area (Å²) in [6, 6.07) is 13.6. The standard InChI is InChI=1S/C16H16N2O3S/c1-12-7-9-13(10-8-12)22(20,21)18-11-16(19)17(2)14-5-3-4-6-15(14)18/h3-10H,11H2,1-2H3. The minimum atomic E-state index is -3.76. The van der Waals surface area contributed by atoms with Crippen molar-refractivity contribution in [2.75, 3.05) is 22.8 Å². The fourth-order valence-electron chi connectivity index (χ4n) is 2.46. The number of carbonyl (C=O) groups excluding carboxylic acids is 1. The predicted octanol–water partition coefficient (Wildman–Crippen LogP) is 2.17. The number of anilines is 2. The van der Waals surface area contributed by atoms with Crippen molar-refractivity contribution in [1.29, 1.82) is 0 Å². The number of sulfonamides is 1. The summed E-state index contributed by atoms with van der Waals surface area (Å²) in [6.45, 7) is 1.70. The van der Waals surface area contributed by atoms with Crippen LogP contribution in [0.25, 0.3) is 0 Å². The molecule has 22 heavy (non-hydrogen) atoms. The fourth-order valence-corrected chi connectivity index (χ4v) is 3.89. The van der Waals surface area contributed by atoms with Crippen molar-refractivity contribution in [2.24, 2.45) is 0 Å². The Balaban J connectivity index is 2.13. The molecule has 0 atom stereocenters. The van der Waals surface area contributed by atoms with Crippen molar-refractivity contribution < 1.29 is 13.2 Å². The number of nitrogens with zero attached hydrogens (tertiary/aromatic N) is 2. The maximum Gasteiger partial charge on any atom is 0.264 e. The number of para-hydroxylation sites is 2. The number of aryl methyl sites for hydroxylation is 1. The highest BCUT2D eigenvalue weighted by Crippen LogP contribution is 2.35. The highest BCUT2D eigenvalue weighted by Gasteiger charge is 2.34. The molecule has 2 aromatic carbocycles. The topological polar surface area (TPSA) is 57.7 Å². The molecule has 114 valence electrons. The second kappa shape index (κ2) is 5.14. The molecule has 0 radical (unpaired) electrons. The molecule has 1 heterocycles. The molecule has 1 amide bonds. The molecule has 2 aromatic rings. The van der Waals surface area contributed by atoms with Gasteiger partial charge in [-0.05, 0) is 31.2 Å². The largest absolute Gasteiger partial charge is 0.312 e. The third kappa shape index (κ3) is 2.25. The molecule has 0 saturated carbocycles. The van der Waals surface area contributed by atoms with Crippen LogP contribution in [0.1, 0.15) is 5.56 Å². The smallest absolute Gasteiger partial charge is 0.264 e. The van der Waals surface area contributed by atoms with Gasteiger partial charge in [-0.15, -0.1) is 0 Å².